The molecule has 0 amide bonds. The molecule has 2 aliphatic heterocycles. The van der Waals surface area contributed by atoms with Crippen LogP contribution in [0.15, 0.2) is 53.7 Å². The van der Waals surface area contributed by atoms with Crippen molar-refractivity contribution in [1.29, 1.82) is 0 Å². The quantitative estimate of drug-likeness (QED) is 0.610. The fraction of sp³-hybridized carbons (Fsp3) is 0.320. The second kappa shape index (κ2) is 6.94. The first-order valence-electron chi connectivity index (χ1n) is 10.4. The van der Waals surface area contributed by atoms with Crippen molar-refractivity contribution in [3.8, 4) is 11.5 Å². The summed E-state index contributed by atoms with van der Waals surface area (Å²) in [5.41, 5.74) is 4.60. The van der Waals surface area contributed by atoms with Gasteiger partial charge in [-0.1, -0.05) is 12.2 Å². The molecular formula is C25H27N3O2. The number of nitrogens with zero attached hydrogens (tertiary/aromatic N) is 2. The lowest BCUT2D eigenvalue weighted by molar-refractivity contribution is 0.414. The summed E-state index contributed by atoms with van der Waals surface area (Å²) >= 11 is 0. The van der Waals surface area contributed by atoms with E-state index in [1.807, 2.05) is 12.1 Å². The van der Waals surface area contributed by atoms with Gasteiger partial charge in [0.2, 0.25) is 0 Å². The SMILES string of the molecule is COc1ccc2c(c1)C=CC(c1c[nH]c3ccc(OC)cc13)N2C1=NC(C)(C)CC1. The lowest BCUT2D eigenvalue weighted by Crippen LogP contribution is -2.35. The number of nitrogens with one attached hydrogen (secondary N) is 1. The van der Waals surface area contributed by atoms with Crippen molar-refractivity contribution in [1.82, 2.24) is 4.98 Å². The monoisotopic (exact) mass is 401 g/mol. The topological polar surface area (TPSA) is 49.9 Å². The first-order chi connectivity index (χ1) is 14.5. The maximum Gasteiger partial charge on any atom is 0.119 e. The molecular weight excluding hydrogens is 374 g/mol. The number of ether oxygens (including phenoxy) is 2. The molecule has 5 rings (SSSR count). The molecule has 5 nitrogen and oxygen atoms in total. The first kappa shape index (κ1) is 18.8. The van der Waals surface area contributed by atoms with E-state index in [1.165, 1.54) is 10.9 Å². The summed E-state index contributed by atoms with van der Waals surface area (Å²) in [4.78, 5) is 10.9. The van der Waals surface area contributed by atoms with Gasteiger partial charge in [0.15, 0.2) is 0 Å². The third-order valence-corrected chi connectivity index (χ3v) is 6.14. The standard InChI is InChI=1S/C25H27N3O2/c1-25(2)12-11-24(27-25)28-22-10-7-17(29-3)13-16(22)5-9-23(28)20-15-26-21-8-6-18(30-4)14-19(20)21/h5-10,13-15,23,26H,11-12H2,1-4H3. The number of methoxy groups -OCH3 is 2. The van der Waals surface area contributed by atoms with Crippen LogP contribution < -0.4 is 14.4 Å². The first-order valence-corrected chi connectivity index (χ1v) is 10.4. The van der Waals surface area contributed by atoms with E-state index in [1.54, 1.807) is 14.2 Å². The molecule has 5 heteroatoms. The van der Waals surface area contributed by atoms with Gasteiger partial charge in [-0.15, -0.1) is 0 Å². The zero-order valence-corrected chi connectivity index (χ0v) is 17.9. The molecule has 3 aromatic rings. The zero-order valence-electron chi connectivity index (χ0n) is 17.9. The Morgan fingerprint density at radius 2 is 1.83 bits per heavy atom. The minimum Gasteiger partial charge on any atom is -0.497 e. The molecule has 30 heavy (non-hydrogen) atoms. The van der Waals surface area contributed by atoms with Crippen molar-refractivity contribution in [2.45, 2.75) is 38.3 Å². The Labute approximate surface area is 177 Å². The lowest BCUT2D eigenvalue weighted by atomic mass is 9.95. The maximum absolute atomic E-state index is 5.49. The highest BCUT2D eigenvalue weighted by Crippen LogP contribution is 2.43. The predicted molar refractivity (Wildman–Crippen MR) is 123 cm³/mol. The van der Waals surface area contributed by atoms with Crippen LogP contribution in [0.1, 0.15) is 43.9 Å². The van der Waals surface area contributed by atoms with Gasteiger partial charge in [0.25, 0.3) is 0 Å². The fourth-order valence-electron chi connectivity index (χ4n) is 4.53. The Hall–Kier alpha value is -3.21. The highest BCUT2D eigenvalue weighted by Gasteiger charge is 2.34. The molecule has 1 N–H and O–H groups in total. The van der Waals surface area contributed by atoms with Crippen LogP contribution in [0.3, 0.4) is 0 Å². The number of anilines is 1. The van der Waals surface area contributed by atoms with Crippen LogP contribution in [0, 0.1) is 0 Å². The van der Waals surface area contributed by atoms with Crippen LogP contribution in [0.4, 0.5) is 5.69 Å². The minimum atomic E-state index is -0.0306. The fourth-order valence-corrected chi connectivity index (χ4v) is 4.53. The van der Waals surface area contributed by atoms with Crippen LogP contribution in [0.2, 0.25) is 0 Å². The van der Waals surface area contributed by atoms with Gasteiger partial charge >= 0.3 is 0 Å². The highest BCUT2D eigenvalue weighted by molar-refractivity contribution is 6.04. The van der Waals surface area contributed by atoms with E-state index in [0.29, 0.717) is 0 Å². The van der Waals surface area contributed by atoms with Gasteiger partial charge in [-0.2, -0.15) is 0 Å². The molecule has 0 fully saturated rings. The van der Waals surface area contributed by atoms with Crippen LogP contribution >= 0.6 is 0 Å². The number of rotatable bonds is 3. The van der Waals surface area contributed by atoms with Crippen molar-refractivity contribution in [3.63, 3.8) is 0 Å². The highest BCUT2D eigenvalue weighted by atomic mass is 16.5. The van der Waals surface area contributed by atoms with E-state index in [9.17, 15) is 0 Å². The average Bonchev–Trinajstić information content (AvgIpc) is 3.34. The second-order valence-corrected chi connectivity index (χ2v) is 8.59. The Kier molecular flexibility index (Phi) is 4.35. The third-order valence-electron chi connectivity index (χ3n) is 6.14. The van der Waals surface area contributed by atoms with Crippen LogP contribution in [0.5, 0.6) is 11.5 Å². The van der Waals surface area contributed by atoms with Gasteiger partial charge in [-0.25, -0.2) is 0 Å². The van der Waals surface area contributed by atoms with Crippen molar-refractivity contribution >= 4 is 28.5 Å². The molecule has 0 saturated carbocycles. The van der Waals surface area contributed by atoms with E-state index in [0.717, 1.165) is 46.9 Å². The van der Waals surface area contributed by atoms with Crippen molar-refractivity contribution in [2.75, 3.05) is 19.1 Å². The molecule has 2 aromatic carbocycles. The Morgan fingerprint density at radius 3 is 2.57 bits per heavy atom. The van der Waals surface area contributed by atoms with E-state index >= 15 is 0 Å². The molecule has 2 aliphatic rings. The number of H-pyrrole nitrogens is 1. The maximum atomic E-state index is 5.49. The third kappa shape index (κ3) is 3.05. The number of hydrogen-bond acceptors (Lipinski definition) is 4. The van der Waals surface area contributed by atoms with Gasteiger partial charge in [0, 0.05) is 34.6 Å². The summed E-state index contributed by atoms with van der Waals surface area (Å²) in [6.07, 6.45) is 8.59. The number of aromatic nitrogens is 1. The summed E-state index contributed by atoms with van der Waals surface area (Å²) in [5.74, 6) is 2.86. The summed E-state index contributed by atoms with van der Waals surface area (Å²) in [5, 5.41) is 1.17. The summed E-state index contributed by atoms with van der Waals surface area (Å²) in [6, 6.07) is 12.5. The van der Waals surface area contributed by atoms with Crippen LogP contribution in [0.25, 0.3) is 17.0 Å². The number of fused-ring (bicyclic) bond motifs is 2. The number of aliphatic imine (C=N–C) groups is 1. The molecule has 154 valence electrons. The van der Waals surface area contributed by atoms with Crippen molar-refractivity contribution in [3.05, 3.63) is 59.8 Å². The molecule has 3 heterocycles. The van der Waals surface area contributed by atoms with E-state index in [2.05, 4.69) is 66.3 Å². The minimum absolute atomic E-state index is 0.0306. The van der Waals surface area contributed by atoms with E-state index < -0.39 is 0 Å². The van der Waals surface area contributed by atoms with Gasteiger partial charge in [-0.3, -0.25) is 4.99 Å². The van der Waals surface area contributed by atoms with Crippen LogP contribution in [-0.2, 0) is 0 Å². The lowest BCUT2D eigenvalue weighted by Gasteiger charge is -2.36. The van der Waals surface area contributed by atoms with E-state index in [-0.39, 0.29) is 11.6 Å². The summed E-state index contributed by atoms with van der Waals surface area (Å²) < 4.78 is 10.9. The Morgan fingerprint density at radius 1 is 1.07 bits per heavy atom. The number of benzene rings is 2. The number of hydrogen-bond donors (Lipinski definition) is 1. The molecule has 1 atom stereocenters. The molecule has 0 spiro atoms. The van der Waals surface area contributed by atoms with Crippen LogP contribution in [-0.4, -0.2) is 30.6 Å². The van der Waals surface area contributed by atoms with Gasteiger partial charge in [-0.05, 0) is 56.7 Å². The molecule has 1 aromatic heterocycles. The largest absolute Gasteiger partial charge is 0.497 e. The molecule has 0 radical (unpaired) electrons. The molecule has 0 bridgehead atoms. The zero-order chi connectivity index (χ0) is 20.9. The summed E-state index contributed by atoms with van der Waals surface area (Å²) in [6.45, 7) is 4.42. The molecule has 0 aliphatic carbocycles. The van der Waals surface area contributed by atoms with Crippen molar-refractivity contribution in [2.24, 2.45) is 4.99 Å². The van der Waals surface area contributed by atoms with Crippen molar-refractivity contribution < 1.29 is 9.47 Å². The van der Waals surface area contributed by atoms with Gasteiger partial charge in [0.1, 0.15) is 17.3 Å². The predicted octanol–water partition coefficient (Wildman–Crippen LogP) is 5.73. The molecule has 0 saturated heterocycles. The Balaban J connectivity index is 1.68. The number of amidine groups is 1. The van der Waals surface area contributed by atoms with E-state index in [4.69, 9.17) is 14.5 Å². The van der Waals surface area contributed by atoms with Gasteiger partial charge in [0.05, 0.1) is 31.5 Å². The smallest absolute Gasteiger partial charge is 0.119 e. The molecule has 1 unspecified atom stereocenters. The van der Waals surface area contributed by atoms with Gasteiger partial charge < -0.3 is 19.4 Å². The Bertz CT molecular complexity index is 1170. The normalized spacial score (nSPS) is 19.7. The second-order valence-electron chi connectivity index (χ2n) is 8.59. The average molecular weight is 402 g/mol. The number of aromatic amines is 1. The summed E-state index contributed by atoms with van der Waals surface area (Å²) in [7, 11) is 3.41.